The van der Waals surface area contributed by atoms with Crippen LogP contribution in [0.15, 0.2) is 60.7 Å². The molecule has 0 aromatic heterocycles. The standard InChI is InChI=1S/C19H22N2O3/c1-19(2,15-11-7-4-8-12-15)21-18(24)16(13-22)20-17(23)14-9-5-3-6-10-14/h3-12,16,22H,13H2,1-2H3,(H,20,23)(H,21,24)/t16-/m1/s1. The van der Waals surface area contributed by atoms with Gasteiger partial charge in [-0.25, -0.2) is 0 Å². The van der Waals surface area contributed by atoms with Gasteiger partial charge in [0, 0.05) is 5.56 Å². The summed E-state index contributed by atoms with van der Waals surface area (Å²) >= 11 is 0. The maximum absolute atomic E-state index is 12.4. The molecule has 0 heterocycles. The molecule has 24 heavy (non-hydrogen) atoms. The van der Waals surface area contributed by atoms with Gasteiger partial charge in [0.2, 0.25) is 5.91 Å². The van der Waals surface area contributed by atoms with Crippen molar-refractivity contribution >= 4 is 11.8 Å². The second-order valence-electron chi connectivity index (χ2n) is 6.05. The predicted octanol–water partition coefficient (Wildman–Crippen LogP) is 1.83. The van der Waals surface area contributed by atoms with Crippen LogP contribution < -0.4 is 10.6 Å². The molecule has 0 unspecified atom stereocenters. The lowest BCUT2D eigenvalue weighted by molar-refractivity contribution is -0.125. The Labute approximate surface area is 141 Å². The minimum Gasteiger partial charge on any atom is -0.394 e. The fourth-order valence-electron chi connectivity index (χ4n) is 2.35. The summed E-state index contributed by atoms with van der Waals surface area (Å²) in [5.41, 5.74) is 0.749. The molecule has 5 nitrogen and oxygen atoms in total. The van der Waals surface area contributed by atoms with Crippen molar-refractivity contribution in [3.63, 3.8) is 0 Å². The minimum atomic E-state index is -1.01. The van der Waals surface area contributed by atoms with E-state index in [-0.39, 0.29) is 0 Å². The Morgan fingerprint density at radius 1 is 1.00 bits per heavy atom. The fraction of sp³-hybridized carbons (Fsp3) is 0.263. The van der Waals surface area contributed by atoms with Gasteiger partial charge in [0.15, 0.2) is 0 Å². The van der Waals surface area contributed by atoms with Gasteiger partial charge < -0.3 is 15.7 Å². The number of hydrogen-bond donors (Lipinski definition) is 3. The number of carbonyl (C=O) groups is 2. The molecule has 2 rings (SSSR count). The summed E-state index contributed by atoms with van der Waals surface area (Å²) in [4.78, 5) is 24.6. The van der Waals surface area contributed by atoms with Crippen molar-refractivity contribution in [1.82, 2.24) is 10.6 Å². The Kier molecular flexibility index (Phi) is 5.71. The van der Waals surface area contributed by atoms with E-state index in [1.165, 1.54) is 0 Å². The first-order valence-electron chi connectivity index (χ1n) is 7.78. The van der Waals surface area contributed by atoms with Crippen LogP contribution in [0.3, 0.4) is 0 Å². The van der Waals surface area contributed by atoms with Crippen LogP contribution in [0.2, 0.25) is 0 Å². The van der Waals surface area contributed by atoms with Crippen LogP contribution in [-0.4, -0.2) is 29.6 Å². The van der Waals surface area contributed by atoms with Gasteiger partial charge in [-0.1, -0.05) is 48.5 Å². The van der Waals surface area contributed by atoms with Crippen LogP contribution in [0.4, 0.5) is 0 Å². The van der Waals surface area contributed by atoms with E-state index in [0.29, 0.717) is 5.56 Å². The molecule has 0 spiro atoms. The Bertz CT molecular complexity index is 684. The van der Waals surface area contributed by atoms with E-state index in [2.05, 4.69) is 10.6 Å². The summed E-state index contributed by atoms with van der Waals surface area (Å²) in [5, 5.41) is 14.9. The van der Waals surface area contributed by atoms with E-state index in [0.717, 1.165) is 5.56 Å². The second kappa shape index (κ2) is 7.75. The topological polar surface area (TPSA) is 78.4 Å². The highest BCUT2D eigenvalue weighted by molar-refractivity contribution is 5.97. The van der Waals surface area contributed by atoms with E-state index in [1.807, 2.05) is 44.2 Å². The molecular formula is C19H22N2O3. The average Bonchev–Trinajstić information content (AvgIpc) is 2.60. The van der Waals surface area contributed by atoms with Crippen molar-refractivity contribution in [2.24, 2.45) is 0 Å². The second-order valence-corrected chi connectivity index (χ2v) is 6.05. The van der Waals surface area contributed by atoms with Crippen molar-refractivity contribution in [2.75, 3.05) is 6.61 Å². The lowest BCUT2D eigenvalue weighted by Crippen LogP contribution is -2.53. The van der Waals surface area contributed by atoms with E-state index in [1.54, 1.807) is 30.3 Å². The Morgan fingerprint density at radius 3 is 2.08 bits per heavy atom. The summed E-state index contributed by atoms with van der Waals surface area (Å²) in [6, 6.07) is 17.1. The largest absolute Gasteiger partial charge is 0.394 e. The minimum absolute atomic E-state index is 0.401. The Hall–Kier alpha value is -2.66. The predicted molar refractivity (Wildman–Crippen MR) is 92.4 cm³/mol. The monoisotopic (exact) mass is 326 g/mol. The third kappa shape index (κ3) is 4.43. The van der Waals surface area contributed by atoms with Gasteiger partial charge >= 0.3 is 0 Å². The molecule has 0 fully saturated rings. The summed E-state index contributed by atoms with van der Waals surface area (Å²) in [6.45, 7) is 3.26. The number of hydrogen-bond acceptors (Lipinski definition) is 3. The van der Waals surface area contributed by atoms with Gasteiger partial charge in [0.1, 0.15) is 6.04 Å². The van der Waals surface area contributed by atoms with E-state index < -0.39 is 30.0 Å². The van der Waals surface area contributed by atoms with Gasteiger partial charge in [-0.15, -0.1) is 0 Å². The number of aliphatic hydroxyl groups is 1. The van der Waals surface area contributed by atoms with Crippen LogP contribution in [-0.2, 0) is 10.3 Å². The highest BCUT2D eigenvalue weighted by Crippen LogP contribution is 2.19. The van der Waals surface area contributed by atoms with Crippen molar-refractivity contribution in [1.29, 1.82) is 0 Å². The highest BCUT2D eigenvalue weighted by atomic mass is 16.3. The molecule has 0 aliphatic heterocycles. The van der Waals surface area contributed by atoms with Gasteiger partial charge in [-0.05, 0) is 31.5 Å². The lowest BCUT2D eigenvalue weighted by atomic mass is 9.94. The molecule has 2 aromatic carbocycles. The maximum atomic E-state index is 12.4. The van der Waals surface area contributed by atoms with Crippen molar-refractivity contribution in [3.05, 3.63) is 71.8 Å². The van der Waals surface area contributed by atoms with E-state index >= 15 is 0 Å². The molecule has 0 bridgehead atoms. The molecule has 0 radical (unpaired) electrons. The Morgan fingerprint density at radius 2 is 1.54 bits per heavy atom. The molecule has 5 heteroatoms. The summed E-state index contributed by atoms with van der Waals surface area (Å²) < 4.78 is 0. The first-order valence-corrected chi connectivity index (χ1v) is 7.78. The molecule has 2 aromatic rings. The first-order chi connectivity index (χ1) is 11.4. The van der Waals surface area contributed by atoms with Crippen LogP contribution in [0.25, 0.3) is 0 Å². The summed E-state index contributed by atoms with van der Waals surface area (Å²) in [5.74, 6) is -0.835. The third-order valence-electron chi connectivity index (χ3n) is 3.77. The van der Waals surface area contributed by atoms with Crippen LogP contribution in [0.5, 0.6) is 0 Å². The molecule has 126 valence electrons. The third-order valence-corrected chi connectivity index (χ3v) is 3.77. The molecule has 0 aliphatic carbocycles. The SMILES string of the molecule is CC(C)(NC(=O)[C@@H](CO)NC(=O)c1ccccc1)c1ccccc1. The number of carbonyl (C=O) groups excluding carboxylic acids is 2. The lowest BCUT2D eigenvalue weighted by Gasteiger charge is -2.29. The Balaban J connectivity index is 2.05. The zero-order valence-electron chi connectivity index (χ0n) is 13.8. The summed E-state index contributed by atoms with van der Waals surface area (Å²) in [6.07, 6.45) is 0. The van der Waals surface area contributed by atoms with E-state index in [9.17, 15) is 14.7 Å². The quantitative estimate of drug-likeness (QED) is 0.758. The molecule has 0 saturated heterocycles. The molecule has 0 aliphatic rings. The molecule has 1 atom stereocenters. The zero-order chi connectivity index (χ0) is 17.6. The van der Waals surface area contributed by atoms with Crippen molar-refractivity contribution in [2.45, 2.75) is 25.4 Å². The number of nitrogens with one attached hydrogen (secondary N) is 2. The van der Waals surface area contributed by atoms with Crippen LogP contribution in [0, 0.1) is 0 Å². The normalized spacial score (nSPS) is 12.3. The van der Waals surface area contributed by atoms with Crippen molar-refractivity contribution < 1.29 is 14.7 Å². The van der Waals surface area contributed by atoms with Gasteiger partial charge in [-0.2, -0.15) is 0 Å². The number of amides is 2. The number of aliphatic hydroxyl groups excluding tert-OH is 1. The van der Waals surface area contributed by atoms with Gasteiger partial charge in [0.25, 0.3) is 5.91 Å². The van der Waals surface area contributed by atoms with Gasteiger partial charge in [-0.3, -0.25) is 9.59 Å². The maximum Gasteiger partial charge on any atom is 0.251 e. The molecule has 2 amide bonds. The molecule has 3 N–H and O–H groups in total. The smallest absolute Gasteiger partial charge is 0.251 e. The highest BCUT2D eigenvalue weighted by Gasteiger charge is 2.28. The zero-order valence-corrected chi connectivity index (χ0v) is 13.8. The molecular weight excluding hydrogens is 304 g/mol. The number of rotatable bonds is 6. The number of benzene rings is 2. The van der Waals surface area contributed by atoms with Crippen LogP contribution >= 0.6 is 0 Å². The average molecular weight is 326 g/mol. The van der Waals surface area contributed by atoms with Gasteiger partial charge in [0.05, 0.1) is 12.1 Å². The molecule has 0 saturated carbocycles. The van der Waals surface area contributed by atoms with Crippen LogP contribution in [0.1, 0.15) is 29.8 Å². The first kappa shape index (κ1) is 17.7. The fourth-order valence-corrected chi connectivity index (χ4v) is 2.35. The van der Waals surface area contributed by atoms with Crippen molar-refractivity contribution in [3.8, 4) is 0 Å². The van der Waals surface area contributed by atoms with E-state index in [4.69, 9.17) is 0 Å². The summed E-state index contributed by atoms with van der Waals surface area (Å²) in [7, 11) is 0.